The maximum Gasteiger partial charge on any atom is 0.328 e. The Labute approximate surface area is 107 Å². The van der Waals surface area contributed by atoms with Gasteiger partial charge in [-0.25, -0.2) is 9.59 Å². The minimum absolute atomic E-state index is 0.0436. The number of carboxylic acids is 1. The summed E-state index contributed by atoms with van der Waals surface area (Å²) in [4.78, 5) is 22.4. The number of hydrogen-bond donors (Lipinski definition) is 3. The van der Waals surface area contributed by atoms with Crippen molar-refractivity contribution in [1.29, 1.82) is 0 Å². The summed E-state index contributed by atoms with van der Waals surface area (Å²) in [6.45, 7) is 4.82. The SMILES string of the molecule is COCC(NC(=O)NCC1(C(C)C)CC1)C(=O)O. The van der Waals surface area contributed by atoms with E-state index >= 15 is 0 Å². The van der Waals surface area contributed by atoms with Gasteiger partial charge in [-0.3, -0.25) is 0 Å². The van der Waals surface area contributed by atoms with Crippen LogP contribution in [0.25, 0.3) is 0 Å². The number of nitrogens with one attached hydrogen (secondary N) is 2. The Morgan fingerprint density at radius 3 is 2.39 bits per heavy atom. The zero-order valence-electron chi connectivity index (χ0n) is 11.2. The maximum absolute atomic E-state index is 11.6. The van der Waals surface area contributed by atoms with E-state index in [-0.39, 0.29) is 12.0 Å². The first-order valence-electron chi connectivity index (χ1n) is 6.17. The van der Waals surface area contributed by atoms with E-state index in [1.54, 1.807) is 0 Å². The Morgan fingerprint density at radius 2 is 2.00 bits per heavy atom. The van der Waals surface area contributed by atoms with E-state index in [0.29, 0.717) is 12.5 Å². The van der Waals surface area contributed by atoms with Gasteiger partial charge in [-0.1, -0.05) is 13.8 Å². The third-order valence-corrected chi connectivity index (χ3v) is 3.65. The molecule has 0 bridgehead atoms. The van der Waals surface area contributed by atoms with E-state index in [1.807, 2.05) is 0 Å². The van der Waals surface area contributed by atoms with Crippen LogP contribution in [-0.4, -0.2) is 43.4 Å². The number of hydrogen-bond acceptors (Lipinski definition) is 3. The molecule has 1 fully saturated rings. The molecule has 1 aliphatic rings. The molecule has 3 N–H and O–H groups in total. The van der Waals surface area contributed by atoms with E-state index in [2.05, 4.69) is 24.5 Å². The average molecular weight is 258 g/mol. The monoisotopic (exact) mass is 258 g/mol. The van der Waals surface area contributed by atoms with E-state index in [4.69, 9.17) is 9.84 Å². The van der Waals surface area contributed by atoms with Gasteiger partial charge in [-0.15, -0.1) is 0 Å². The summed E-state index contributed by atoms with van der Waals surface area (Å²) < 4.78 is 4.74. The molecule has 1 unspecified atom stereocenters. The van der Waals surface area contributed by atoms with Crippen LogP contribution in [0.15, 0.2) is 0 Å². The lowest BCUT2D eigenvalue weighted by Crippen LogP contribution is -2.49. The first-order chi connectivity index (χ1) is 8.41. The van der Waals surface area contributed by atoms with Crippen LogP contribution in [-0.2, 0) is 9.53 Å². The van der Waals surface area contributed by atoms with Gasteiger partial charge in [-0.2, -0.15) is 0 Å². The van der Waals surface area contributed by atoms with Gasteiger partial charge in [0.2, 0.25) is 0 Å². The Kier molecular flexibility index (Phi) is 4.95. The predicted octanol–water partition coefficient (Wildman–Crippen LogP) is 0.821. The minimum atomic E-state index is -1.10. The first-order valence-corrected chi connectivity index (χ1v) is 6.17. The molecule has 1 rings (SSSR count). The summed E-state index contributed by atoms with van der Waals surface area (Å²) in [7, 11) is 1.40. The highest BCUT2D eigenvalue weighted by atomic mass is 16.5. The Bertz CT molecular complexity index is 313. The molecular weight excluding hydrogens is 236 g/mol. The first kappa shape index (κ1) is 14.8. The Hall–Kier alpha value is -1.30. The van der Waals surface area contributed by atoms with Crippen molar-refractivity contribution in [2.45, 2.75) is 32.7 Å². The normalized spacial score (nSPS) is 18.2. The van der Waals surface area contributed by atoms with Crippen LogP contribution in [0, 0.1) is 11.3 Å². The van der Waals surface area contributed by atoms with Crippen molar-refractivity contribution in [3.63, 3.8) is 0 Å². The zero-order valence-corrected chi connectivity index (χ0v) is 11.2. The minimum Gasteiger partial charge on any atom is -0.480 e. The van der Waals surface area contributed by atoms with Gasteiger partial charge in [-0.05, 0) is 24.2 Å². The number of ether oxygens (including phenoxy) is 1. The molecular formula is C12H22N2O4. The number of amides is 2. The van der Waals surface area contributed by atoms with Crippen LogP contribution in [0.3, 0.4) is 0 Å². The molecule has 0 saturated heterocycles. The average Bonchev–Trinajstić information content (AvgIpc) is 3.06. The zero-order chi connectivity index (χ0) is 13.8. The molecule has 6 heteroatoms. The van der Waals surface area contributed by atoms with E-state index in [0.717, 1.165) is 12.8 Å². The second-order valence-corrected chi connectivity index (χ2v) is 5.19. The summed E-state index contributed by atoms with van der Waals surface area (Å²) in [5.41, 5.74) is 0.206. The van der Waals surface area contributed by atoms with Gasteiger partial charge >= 0.3 is 12.0 Å². The topological polar surface area (TPSA) is 87.7 Å². The summed E-state index contributed by atoms with van der Waals surface area (Å²) in [6, 6.07) is -1.46. The molecule has 2 amide bonds. The van der Waals surface area contributed by atoms with Crippen molar-refractivity contribution < 1.29 is 19.4 Å². The molecule has 1 atom stereocenters. The fourth-order valence-corrected chi connectivity index (χ4v) is 1.93. The van der Waals surface area contributed by atoms with Gasteiger partial charge < -0.3 is 20.5 Å². The van der Waals surface area contributed by atoms with Gasteiger partial charge in [0.1, 0.15) is 0 Å². The van der Waals surface area contributed by atoms with Crippen LogP contribution >= 0.6 is 0 Å². The molecule has 1 aliphatic carbocycles. The van der Waals surface area contributed by atoms with Gasteiger partial charge in [0.05, 0.1) is 6.61 Å². The van der Waals surface area contributed by atoms with Crippen molar-refractivity contribution >= 4 is 12.0 Å². The molecule has 0 spiro atoms. The fraction of sp³-hybridized carbons (Fsp3) is 0.833. The second kappa shape index (κ2) is 6.04. The van der Waals surface area contributed by atoms with Crippen molar-refractivity contribution in [2.75, 3.05) is 20.3 Å². The van der Waals surface area contributed by atoms with Gasteiger partial charge in [0, 0.05) is 13.7 Å². The number of carbonyl (C=O) groups is 2. The van der Waals surface area contributed by atoms with E-state index in [9.17, 15) is 9.59 Å². The number of urea groups is 1. The molecule has 104 valence electrons. The lowest BCUT2D eigenvalue weighted by molar-refractivity contribution is -0.140. The van der Waals surface area contributed by atoms with Gasteiger partial charge in [0.25, 0.3) is 0 Å². The predicted molar refractivity (Wildman–Crippen MR) is 66.3 cm³/mol. The smallest absolute Gasteiger partial charge is 0.328 e. The number of carbonyl (C=O) groups excluding carboxylic acids is 1. The van der Waals surface area contributed by atoms with Crippen molar-refractivity contribution in [1.82, 2.24) is 10.6 Å². The Morgan fingerprint density at radius 1 is 1.39 bits per heavy atom. The third kappa shape index (κ3) is 3.87. The molecule has 0 heterocycles. The van der Waals surface area contributed by atoms with Gasteiger partial charge in [0.15, 0.2) is 6.04 Å². The highest BCUT2D eigenvalue weighted by Crippen LogP contribution is 2.51. The van der Waals surface area contributed by atoms with Crippen LogP contribution < -0.4 is 10.6 Å². The molecule has 0 radical (unpaired) electrons. The lowest BCUT2D eigenvalue weighted by atomic mass is 9.92. The summed E-state index contributed by atoms with van der Waals surface area (Å²) >= 11 is 0. The Balaban J connectivity index is 2.35. The van der Waals surface area contributed by atoms with Crippen LogP contribution in [0.2, 0.25) is 0 Å². The summed E-state index contributed by atoms with van der Waals surface area (Å²) in [6.07, 6.45) is 2.23. The number of carboxylic acid groups (broad SMARTS) is 1. The molecule has 0 aliphatic heterocycles. The highest BCUT2D eigenvalue weighted by Gasteiger charge is 2.45. The summed E-state index contributed by atoms with van der Waals surface area (Å²) in [5, 5.41) is 14.0. The molecule has 0 aromatic rings. The molecule has 0 aromatic carbocycles. The second-order valence-electron chi connectivity index (χ2n) is 5.19. The van der Waals surface area contributed by atoms with Crippen molar-refractivity contribution in [3.8, 4) is 0 Å². The number of aliphatic carboxylic acids is 1. The van der Waals surface area contributed by atoms with Crippen LogP contribution in [0.5, 0.6) is 0 Å². The van der Waals surface area contributed by atoms with Crippen molar-refractivity contribution in [3.05, 3.63) is 0 Å². The standard InChI is InChI=1S/C12H22N2O4/c1-8(2)12(4-5-12)7-13-11(17)14-9(6-18-3)10(15)16/h8-9H,4-7H2,1-3H3,(H,15,16)(H2,13,14,17). The molecule has 6 nitrogen and oxygen atoms in total. The van der Waals surface area contributed by atoms with Crippen LogP contribution in [0.4, 0.5) is 4.79 Å². The maximum atomic E-state index is 11.6. The molecule has 0 aromatic heterocycles. The largest absolute Gasteiger partial charge is 0.480 e. The summed E-state index contributed by atoms with van der Waals surface area (Å²) in [5.74, 6) is -0.580. The van der Waals surface area contributed by atoms with Crippen LogP contribution in [0.1, 0.15) is 26.7 Å². The highest BCUT2D eigenvalue weighted by molar-refractivity contribution is 5.82. The van der Waals surface area contributed by atoms with Crippen molar-refractivity contribution in [2.24, 2.45) is 11.3 Å². The quantitative estimate of drug-likeness (QED) is 0.631. The fourth-order valence-electron chi connectivity index (χ4n) is 1.93. The molecule has 1 saturated carbocycles. The van der Waals surface area contributed by atoms with E-state index < -0.39 is 18.0 Å². The third-order valence-electron chi connectivity index (χ3n) is 3.65. The lowest BCUT2D eigenvalue weighted by Gasteiger charge is -2.21. The number of rotatable bonds is 7. The number of methoxy groups -OCH3 is 1. The molecule has 18 heavy (non-hydrogen) atoms. The van der Waals surface area contributed by atoms with E-state index in [1.165, 1.54) is 7.11 Å².